The largest absolute Gasteiger partial charge is 0.397 e. The lowest BCUT2D eigenvalue weighted by molar-refractivity contribution is 0.0708. The smallest absolute Gasteiger partial charge is 0.272 e. The number of piperidine rings is 1. The number of fused-ring (bicyclic) bond motifs is 1. The summed E-state index contributed by atoms with van der Waals surface area (Å²) in [5.74, 6) is 0.382. The Morgan fingerprint density at radius 3 is 2.91 bits per heavy atom. The minimum Gasteiger partial charge on any atom is -0.397 e. The summed E-state index contributed by atoms with van der Waals surface area (Å²) in [6, 6.07) is 11.4. The molecule has 0 radical (unpaired) electrons. The van der Waals surface area contributed by atoms with Gasteiger partial charge in [-0.05, 0) is 31.0 Å². The zero-order chi connectivity index (χ0) is 22.1. The first-order chi connectivity index (χ1) is 15.6. The molecule has 4 N–H and O–H groups in total. The van der Waals surface area contributed by atoms with Gasteiger partial charge in [0, 0.05) is 41.8 Å². The normalized spacial score (nSPS) is 16.3. The van der Waals surface area contributed by atoms with Crippen molar-refractivity contribution in [3.63, 3.8) is 0 Å². The van der Waals surface area contributed by atoms with Gasteiger partial charge in [-0.15, -0.1) is 0 Å². The number of nitrogens with two attached hydrogens (primary N) is 1. The van der Waals surface area contributed by atoms with Gasteiger partial charge in [0.2, 0.25) is 5.95 Å². The highest BCUT2D eigenvalue weighted by molar-refractivity contribution is 6.33. The van der Waals surface area contributed by atoms with Gasteiger partial charge in [0.05, 0.1) is 28.8 Å². The molecule has 0 saturated carbocycles. The molecule has 3 aromatic heterocycles. The molecule has 1 aliphatic rings. The Morgan fingerprint density at radius 1 is 1.19 bits per heavy atom. The fraction of sp³-hybridized carbons (Fsp3) is 0.217. The van der Waals surface area contributed by atoms with Gasteiger partial charge in [-0.1, -0.05) is 29.8 Å². The first-order valence-corrected chi connectivity index (χ1v) is 10.8. The minimum atomic E-state index is -0.104. The summed E-state index contributed by atoms with van der Waals surface area (Å²) in [7, 11) is 0. The van der Waals surface area contributed by atoms with Crippen LogP contribution in [0.1, 0.15) is 23.3 Å². The standard InChI is InChI=1S/C23H22ClN7O/c24-18-12-28-23(30-21(18)17-11-27-19-6-2-1-5-16(17)19)29-15-4-3-9-31(13-15)22(32)20-8-7-14(25)10-26-20/h1-2,5-8,10-12,15,27H,3-4,9,13,25H2,(H,28,29,30). The van der Waals surface area contributed by atoms with Crippen LogP contribution < -0.4 is 11.1 Å². The molecular formula is C23H22ClN7O. The number of amides is 1. The maximum absolute atomic E-state index is 12.8. The molecule has 0 spiro atoms. The Morgan fingerprint density at radius 2 is 2.06 bits per heavy atom. The van der Waals surface area contributed by atoms with E-state index >= 15 is 0 Å². The molecule has 8 nitrogen and oxygen atoms in total. The van der Waals surface area contributed by atoms with Gasteiger partial charge in [-0.2, -0.15) is 0 Å². The van der Waals surface area contributed by atoms with E-state index in [4.69, 9.17) is 22.3 Å². The van der Waals surface area contributed by atoms with Crippen LogP contribution in [-0.2, 0) is 0 Å². The van der Waals surface area contributed by atoms with Crippen molar-refractivity contribution in [2.45, 2.75) is 18.9 Å². The van der Waals surface area contributed by atoms with Crippen molar-refractivity contribution in [2.75, 3.05) is 24.1 Å². The molecule has 1 amide bonds. The molecule has 162 valence electrons. The number of nitrogens with zero attached hydrogens (tertiary/aromatic N) is 4. The van der Waals surface area contributed by atoms with Crippen LogP contribution in [0.3, 0.4) is 0 Å². The zero-order valence-corrected chi connectivity index (χ0v) is 18.0. The predicted octanol–water partition coefficient (Wildman–Crippen LogP) is 3.97. The second kappa shape index (κ2) is 8.47. The third-order valence-electron chi connectivity index (χ3n) is 5.64. The molecule has 1 fully saturated rings. The summed E-state index contributed by atoms with van der Waals surface area (Å²) in [4.78, 5) is 31.1. The first-order valence-electron chi connectivity index (χ1n) is 10.4. The molecule has 0 bridgehead atoms. The van der Waals surface area contributed by atoms with Crippen molar-refractivity contribution in [3.8, 4) is 11.3 Å². The number of pyridine rings is 1. The summed E-state index contributed by atoms with van der Waals surface area (Å²) in [6.45, 7) is 1.23. The number of carbonyl (C=O) groups is 1. The minimum absolute atomic E-state index is 0.0264. The molecule has 9 heteroatoms. The summed E-state index contributed by atoms with van der Waals surface area (Å²) in [6.07, 6.45) is 6.80. The molecule has 1 atom stereocenters. The lowest BCUT2D eigenvalue weighted by Crippen LogP contribution is -2.45. The lowest BCUT2D eigenvalue weighted by atomic mass is 10.1. The highest BCUT2D eigenvalue weighted by atomic mass is 35.5. The molecule has 0 aliphatic carbocycles. The van der Waals surface area contributed by atoms with Crippen molar-refractivity contribution in [1.29, 1.82) is 0 Å². The quantitative estimate of drug-likeness (QED) is 0.436. The van der Waals surface area contributed by atoms with Gasteiger partial charge < -0.3 is 20.9 Å². The van der Waals surface area contributed by atoms with Gasteiger partial charge in [0.25, 0.3) is 5.91 Å². The van der Waals surface area contributed by atoms with Gasteiger partial charge in [0.15, 0.2) is 0 Å². The molecule has 1 aliphatic heterocycles. The number of anilines is 2. The monoisotopic (exact) mass is 447 g/mol. The molecule has 4 aromatic rings. The second-order valence-corrected chi connectivity index (χ2v) is 8.26. The number of halogens is 1. The number of aromatic amines is 1. The summed E-state index contributed by atoms with van der Waals surface area (Å²) < 4.78 is 0. The van der Waals surface area contributed by atoms with Crippen molar-refractivity contribution in [2.24, 2.45) is 0 Å². The van der Waals surface area contributed by atoms with E-state index in [2.05, 4.69) is 20.3 Å². The number of H-pyrrole nitrogens is 1. The average Bonchev–Trinajstić information content (AvgIpc) is 3.25. The van der Waals surface area contributed by atoms with E-state index in [9.17, 15) is 4.79 Å². The van der Waals surface area contributed by atoms with E-state index in [1.807, 2.05) is 30.5 Å². The van der Waals surface area contributed by atoms with E-state index in [1.165, 1.54) is 6.20 Å². The van der Waals surface area contributed by atoms with Gasteiger partial charge in [-0.3, -0.25) is 4.79 Å². The summed E-state index contributed by atoms with van der Waals surface area (Å²) in [5.41, 5.74) is 9.21. The molecule has 1 unspecified atom stereocenters. The second-order valence-electron chi connectivity index (χ2n) is 7.85. The SMILES string of the molecule is Nc1ccc(C(=O)N2CCCC(Nc3ncc(Cl)c(-c4c[nH]c5ccccc45)n3)C2)nc1. The number of rotatable bonds is 4. The van der Waals surface area contributed by atoms with E-state index in [0.717, 1.165) is 29.3 Å². The number of para-hydroxylation sites is 1. The Balaban J connectivity index is 1.34. The third-order valence-corrected chi connectivity index (χ3v) is 5.91. The average molecular weight is 448 g/mol. The van der Waals surface area contributed by atoms with Crippen LogP contribution in [0.5, 0.6) is 0 Å². The van der Waals surface area contributed by atoms with Gasteiger partial charge in [-0.25, -0.2) is 15.0 Å². The van der Waals surface area contributed by atoms with Gasteiger partial charge >= 0.3 is 0 Å². The Hall–Kier alpha value is -3.65. The molecule has 1 saturated heterocycles. The highest BCUT2D eigenvalue weighted by Gasteiger charge is 2.26. The van der Waals surface area contributed by atoms with Crippen LogP contribution in [0.4, 0.5) is 11.6 Å². The van der Waals surface area contributed by atoms with Crippen molar-refractivity contribution in [1.82, 2.24) is 24.8 Å². The van der Waals surface area contributed by atoms with E-state index < -0.39 is 0 Å². The number of likely N-dealkylation sites (tertiary alicyclic amines) is 1. The third kappa shape index (κ3) is 3.97. The van der Waals surface area contributed by atoms with E-state index in [-0.39, 0.29) is 11.9 Å². The number of benzene rings is 1. The predicted molar refractivity (Wildman–Crippen MR) is 126 cm³/mol. The summed E-state index contributed by atoms with van der Waals surface area (Å²) >= 11 is 6.44. The molecule has 5 rings (SSSR count). The Bertz CT molecular complexity index is 1270. The number of hydrogen-bond acceptors (Lipinski definition) is 6. The zero-order valence-electron chi connectivity index (χ0n) is 17.3. The van der Waals surface area contributed by atoms with Crippen LogP contribution in [0.15, 0.2) is 55.0 Å². The van der Waals surface area contributed by atoms with Crippen LogP contribution >= 0.6 is 11.6 Å². The topological polar surface area (TPSA) is 113 Å². The molecule has 1 aromatic carbocycles. The van der Waals surface area contributed by atoms with Crippen LogP contribution in [-0.4, -0.2) is 49.9 Å². The number of aromatic nitrogens is 4. The van der Waals surface area contributed by atoms with Crippen LogP contribution in [0.2, 0.25) is 5.02 Å². The number of hydrogen-bond donors (Lipinski definition) is 3. The van der Waals surface area contributed by atoms with Crippen molar-refractivity contribution < 1.29 is 4.79 Å². The fourth-order valence-electron chi connectivity index (χ4n) is 4.05. The molecule has 32 heavy (non-hydrogen) atoms. The maximum atomic E-state index is 12.8. The Kier molecular flexibility index (Phi) is 5.36. The number of nitrogen functional groups attached to an aromatic ring is 1. The summed E-state index contributed by atoms with van der Waals surface area (Å²) in [5, 5.41) is 4.91. The lowest BCUT2D eigenvalue weighted by Gasteiger charge is -2.33. The van der Waals surface area contributed by atoms with Crippen molar-refractivity contribution in [3.05, 3.63) is 65.7 Å². The van der Waals surface area contributed by atoms with Crippen LogP contribution in [0, 0.1) is 0 Å². The van der Waals surface area contributed by atoms with Crippen LogP contribution in [0.25, 0.3) is 22.2 Å². The number of carbonyl (C=O) groups excluding carboxylic acids is 1. The van der Waals surface area contributed by atoms with Gasteiger partial charge in [0.1, 0.15) is 5.69 Å². The molecular weight excluding hydrogens is 426 g/mol. The first kappa shape index (κ1) is 20.3. The Labute approximate surface area is 189 Å². The maximum Gasteiger partial charge on any atom is 0.272 e. The highest BCUT2D eigenvalue weighted by Crippen LogP contribution is 2.32. The van der Waals surface area contributed by atoms with E-state index in [0.29, 0.717) is 41.1 Å². The fourth-order valence-corrected chi connectivity index (χ4v) is 4.24. The molecule has 4 heterocycles. The van der Waals surface area contributed by atoms with E-state index in [1.54, 1.807) is 23.2 Å². The van der Waals surface area contributed by atoms with Crippen molar-refractivity contribution >= 4 is 40.0 Å². The number of nitrogens with one attached hydrogen (secondary N) is 2.